The average molecular weight is 242 g/mol. The first-order valence-electron chi connectivity index (χ1n) is 6.37. The molecule has 18 heavy (non-hydrogen) atoms. The number of hydrogen-bond acceptors (Lipinski definition) is 2. The molecule has 0 spiro atoms. The lowest BCUT2D eigenvalue weighted by Gasteiger charge is -2.10. The number of nitrogens with one attached hydrogen (secondary N) is 1. The Morgan fingerprint density at radius 1 is 1.50 bits per heavy atom. The highest BCUT2D eigenvalue weighted by Crippen LogP contribution is 2.30. The third kappa shape index (κ3) is 3.12. The highest BCUT2D eigenvalue weighted by Gasteiger charge is 2.29. The number of amides is 1. The number of benzene rings is 1. The fraction of sp³-hybridized carbons (Fsp3) is 0.400. The molecule has 1 saturated carbocycles. The molecule has 1 aliphatic rings. The number of carbonyl (C=O) groups is 1. The molecule has 3 nitrogen and oxygen atoms in total. The molecule has 3 heteroatoms. The first-order valence-corrected chi connectivity index (χ1v) is 6.37. The minimum Gasteiger partial charge on any atom is -0.326 e. The van der Waals surface area contributed by atoms with E-state index in [0.717, 1.165) is 36.1 Å². The Hall–Kier alpha value is -1.79. The van der Waals surface area contributed by atoms with E-state index in [1.807, 2.05) is 18.2 Å². The molecule has 0 atom stereocenters. The molecule has 0 heterocycles. The van der Waals surface area contributed by atoms with Gasteiger partial charge in [0, 0.05) is 17.2 Å². The molecule has 1 amide bonds. The van der Waals surface area contributed by atoms with Gasteiger partial charge in [-0.15, -0.1) is 0 Å². The van der Waals surface area contributed by atoms with E-state index < -0.39 is 0 Å². The van der Waals surface area contributed by atoms with Crippen LogP contribution in [0, 0.1) is 17.8 Å². The first kappa shape index (κ1) is 12.7. The van der Waals surface area contributed by atoms with Crippen molar-refractivity contribution in [2.45, 2.75) is 26.2 Å². The number of aryl methyl sites for hydroxylation is 1. The van der Waals surface area contributed by atoms with E-state index in [-0.39, 0.29) is 11.8 Å². The van der Waals surface area contributed by atoms with E-state index >= 15 is 0 Å². The minimum atomic E-state index is 0.144. The van der Waals surface area contributed by atoms with Gasteiger partial charge in [-0.1, -0.05) is 18.8 Å². The normalized spacial score (nSPS) is 13.7. The van der Waals surface area contributed by atoms with Crippen LogP contribution in [-0.4, -0.2) is 12.5 Å². The number of hydrogen-bond donors (Lipinski definition) is 2. The van der Waals surface area contributed by atoms with Crippen molar-refractivity contribution in [2.75, 3.05) is 11.9 Å². The second-order valence-electron chi connectivity index (χ2n) is 4.49. The van der Waals surface area contributed by atoms with Gasteiger partial charge in [0.15, 0.2) is 0 Å². The Morgan fingerprint density at radius 2 is 2.28 bits per heavy atom. The van der Waals surface area contributed by atoms with Gasteiger partial charge in [-0.05, 0) is 43.0 Å². The lowest BCUT2D eigenvalue weighted by molar-refractivity contribution is -0.117. The predicted octanol–water partition coefficient (Wildman–Crippen LogP) is 1.91. The van der Waals surface area contributed by atoms with Gasteiger partial charge in [0.2, 0.25) is 5.91 Å². The fourth-order valence-corrected chi connectivity index (χ4v) is 1.82. The molecule has 3 N–H and O–H groups in total. The van der Waals surface area contributed by atoms with E-state index in [1.54, 1.807) is 0 Å². The number of nitrogens with two attached hydrogens (primary N) is 1. The van der Waals surface area contributed by atoms with Crippen molar-refractivity contribution in [1.29, 1.82) is 0 Å². The van der Waals surface area contributed by atoms with E-state index in [0.29, 0.717) is 6.54 Å². The average Bonchev–Trinajstić information content (AvgIpc) is 3.21. The molecule has 0 aliphatic heterocycles. The van der Waals surface area contributed by atoms with E-state index in [2.05, 4.69) is 24.1 Å². The molecule has 0 radical (unpaired) electrons. The van der Waals surface area contributed by atoms with Gasteiger partial charge < -0.3 is 11.1 Å². The van der Waals surface area contributed by atoms with Crippen LogP contribution in [-0.2, 0) is 11.2 Å². The molecular weight excluding hydrogens is 224 g/mol. The summed E-state index contributed by atoms with van der Waals surface area (Å²) in [6, 6.07) is 5.87. The lowest BCUT2D eigenvalue weighted by Crippen LogP contribution is -2.14. The Labute approximate surface area is 108 Å². The van der Waals surface area contributed by atoms with Crippen molar-refractivity contribution < 1.29 is 4.79 Å². The van der Waals surface area contributed by atoms with Crippen LogP contribution >= 0.6 is 0 Å². The molecule has 1 aromatic rings. The Balaban J connectivity index is 2.16. The molecule has 2 rings (SSSR count). The molecule has 0 unspecified atom stereocenters. The SMILES string of the molecule is CCc1cc(C#CCN)ccc1NC(=O)C1CC1. The third-order valence-electron chi connectivity index (χ3n) is 3.03. The second kappa shape index (κ2) is 5.70. The van der Waals surface area contributed by atoms with Gasteiger partial charge in [-0.25, -0.2) is 0 Å². The van der Waals surface area contributed by atoms with Crippen molar-refractivity contribution >= 4 is 11.6 Å². The van der Waals surface area contributed by atoms with Crippen LogP contribution in [0.25, 0.3) is 0 Å². The summed E-state index contributed by atoms with van der Waals surface area (Å²) in [6.45, 7) is 2.43. The second-order valence-corrected chi connectivity index (χ2v) is 4.49. The summed E-state index contributed by atoms with van der Waals surface area (Å²) in [5, 5.41) is 2.99. The van der Waals surface area contributed by atoms with Crippen molar-refractivity contribution in [3.05, 3.63) is 29.3 Å². The highest BCUT2D eigenvalue weighted by molar-refractivity contribution is 5.94. The number of carbonyl (C=O) groups excluding carboxylic acids is 1. The summed E-state index contributed by atoms with van der Waals surface area (Å²) in [6.07, 6.45) is 2.92. The van der Waals surface area contributed by atoms with Gasteiger partial charge in [0.25, 0.3) is 0 Å². The zero-order valence-corrected chi connectivity index (χ0v) is 10.6. The van der Waals surface area contributed by atoms with Crippen molar-refractivity contribution in [1.82, 2.24) is 0 Å². The maximum Gasteiger partial charge on any atom is 0.227 e. The van der Waals surface area contributed by atoms with Gasteiger partial charge >= 0.3 is 0 Å². The summed E-state index contributed by atoms with van der Waals surface area (Å²) < 4.78 is 0. The summed E-state index contributed by atoms with van der Waals surface area (Å²) in [7, 11) is 0. The molecule has 0 aromatic heterocycles. The quantitative estimate of drug-likeness (QED) is 0.795. The Morgan fingerprint density at radius 3 is 2.89 bits per heavy atom. The van der Waals surface area contributed by atoms with Gasteiger partial charge in [0.05, 0.1) is 6.54 Å². The number of anilines is 1. The van der Waals surface area contributed by atoms with Crippen LogP contribution in [0.15, 0.2) is 18.2 Å². The van der Waals surface area contributed by atoms with Gasteiger partial charge in [-0.2, -0.15) is 0 Å². The molecular formula is C15H18N2O. The van der Waals surface area contributed by atoms with Crippen LogP contribution in [0.4, 0.5) is 5.69 Å². The molecule has 1 fully saturated rings. The molecule has 1 aromatic carbocycles. The maximum absolute atomic E-state index is 11.7. The highest BCUT2D eigenvalue weighted by atomic mass is 16.2. The summed E-state index contributed by atoms with van der Waals surface area (Å²) in [5.41, 5.74) is 8.33. The van der Waals surface area contributed by atoms with E-state index in [9.17, 15) is 4.79 Å². The Kier molecular flexibility index (Phi) is 4.01. The summed E-state index contributed by atoms with van der Waals surface area (Å²) in [4.78, 5) is 11.7. The van der Waals surface area contributed by atoms with Crippen LogP contribution < -0.4 is 11.1 Å². The van der Waals surface area contributed by atoms with E-state index in [4.69, 9.17) is 5.73 Å². The standard InChI is InChI=1S/C15H18N2O/c1-2-12-10-11(4-3-9-16)5-8-14(12)17-15(18)13-6-7-13/h5,8,10,13H,2,6-7,9,16H2,1H3,(H,17,18). The largest absolute Gasteiger partial charge is 0.326 e. The molecule has 0 saturated heterocycles. The third-order valence-corrected chi connectivity index (χ3v) is 3.03. The topological polar surface area (TPSA) is 55.1 Å². The fourth-order valence-electron chi connectivity index (χ4n) is 1.82. The van der Waals surface area contributed by atoms with Crippen LogP contribution in [0.1, 0.15) is 30.9 Å². The summed E-state index contributed by atoms with van der Waals surface area (Å²) in [5.74, 6) is 6.21. The maximum atomic E-state index is 11.7. The molecule has 1 aliphatic carbocycles. The van der Waals surface area contributed by atoms with Crippen molar-refractivity contribution in [3.8, 4) is 11.8 Å². The molecule has 0 bridgehead atoms. The van der Waals surface area contributed by atoms with Crippen LogP contribution in [0.3, 0.4) is 0 Å². The number of rotatable bonds is 3. The Bertz CT molecular complexity index is 507. The predicted molar refractivity (Wildman–Crippen MR) is 73.1 cm³/mol. The monoisotopic (exact) mass is 242 g/mol. The first-order chi connectivity index (χ1) is 8.74. The van der Waals surface area contributed by atoms with Gasteiger partial charge in [0.1, 0.15) is 0 Å². The lowest BCUT2D eigenvalue weighted by atomic mass is 10.1. The van der Waals surface area contributed by atoms with Crippen molar-refractivity contribution in [2.24, 2.45) is 11.7 Å². The van der Waals surface area contributed by atoms with E-state index in [1.165, 1.54) is 0 Å². The van der Waals surface area contributed by atoms with Crippen LogP contribution in [0.2, 0.25) is 0 Å². The summed E-state index contributed by atoms with van der Waals surface area (Å²) >= 11 is 0. The van der Waals surface area contributed by atoms with Crippen molar-refractivity contribution in [3.63, 3.8) is 0 Å². The van der Waals surface area contributed by atoms with Gasteiger partial charge in [-0.3, -0.25) is 4.79 Å². The minimum absolute atomic E-state index is 0.144. The van der Waals surface area contributed by atoms with Crippen LogP contribution in [0.5, 0.6) is 0 Å². The molecule has 94 valence electrons. The smallest absolute Gasteiger partial charge is 0.227 e. The zero-order valence-electron chi connectivity index (χ0n) is 10.6. The zero-order chi connectivity index (χ0) is 13.0.